The predicted octanol–water partition coefficient (Wildman–Crippen LogP) is 3.21. The number of hydrogen-bond acceptors (Lipinski definition) is 3. The standard InChI is InChI=1S/C16H20FN3O/c1-3-15-18-16(4-2)20(19-15)11-5-6-14(21)12-7-9-13(17)10-8-12/h7-10H,3-6,11H2,1-2H3. The smallest absolute Gasteiger partial charge is 0.162 e. The van der Waals surface area contributed by atoms with Crippen LogP contribution in [0.5, 0.6) is 0 Å². The second-order valence-electron chi connectivity index (χ2n) is 4.91. The Kier molecular flexibility index (Phi) is 5.20. The Morgan fingerprint density at radius 2 is 1.90 bits per heavy atom. The Bertz CT molecular complexity index is 604. The largest absolute Gasteiger partial charge is 0.294 e. The molecule has 0 aliphatic rings. The van der Waals surface area contributed by atoms with Gasteiger partial charge in [-0.1, -0.05) is 13.8 Å². The maximum Gasteiger partial charge on any atom is 0.162 e. The van der Waals surface area contributed by atoms with E-state index in [1.165, 1.54) is 24.3 Å². The van der Waals surface area contributed by atoms with Crippen LogP contribution < -0.4 is 0 Å². The molecule has 21 heavy (non-hydrogen) atoms. The van der Waals surface area contributed by atoms with Crippen LogP contribution in [0.25, 0.3) is 0 Å². The number of carbonyl (C=O) groups excluding carboxylic acids is 1. The molecule has 0 saturated heterocycles. The summed E-state index contributed by atoms with van der Waals surface area (Å²) in [5.41, 5.74) is 0.556. The van der Waals surface area contributed by atoms with Crippen LogP contribution in [-0.2, 0) is 19.4 Å². The van der Waals surface area contributed by atoms with E-state index >= 15 is 0 Å². The molecule has 1 heterocycles. The lowest BCUT2D eigenvalue weighted by molar-refractivity contribution is 0.0978. The van der Waals surface area contributed by atoms with Crippen molar-refractivity contribution in [3.63, 3.8) is 0 Å². The van der Waals surface area contributed by atoms with E-state index in [1.54, 1.807) is 0 Å². The lowest BCUT2D eigenvalue weighted by Gasteiger charge is -2.04. The van der Waals surface area contributed by atoms with Crippen LogP contribution in [0.2, 0.25) is 0 Å². The number of ketones is 1. The van der Waals surface area contributed by atoms with Crippen LogP contribution in [0.1, 0.15) is 48.7 Å². The summed E-state index contributed by atoms with van der Waals surface area (Å²) >= 11 is 0. The Morgan fingerprint density at radius 3 is 2.52 bits per heavy atom. The van der Waals surface area contributed by atoms with E-state index < -0.39 is 0 Å². The first-order chi connectivity index (χ1) is 10.1. The average Bonchev–Trinajstić information content (AvgIpc) is 2.90. The van der Waals surface area contributed by atoms with Crippen LogP contribution in [0.15, 0.2) is 24.3 Å². The number of aryl methyl sites for hydroxylation is 3. The molecule has 2 aromatic rings. The highest BCUT2D eigenvalue weighted by Crippen LogP contribution is 2.09. The summed E-state index contributed by atoms with van der Waals surface area (Å²) in [5, 5.41) is 4.43. The number of Topliss-reactive ketones (excluding diaryl/α,β-unsaturated/α-hetero) is 1. The van der Waals surface area contributed by atoms with Gasteiger partial charge in [-0.2, -0.15) is 5.10 Å². The van der Waals surface area contributed by atoms with Gasteiger partial charge in [0.15, 0.2) is 11.6 Å². The zero-order valence-corrected chi connectivity index (χ0v) is 12.5. The van der Waals surface area contributed by atoms with Crippen molar-refractivity contribution in [2.45, 2.75) is 46.1 Å². The van der Waals surface area contributed by atoms with E-state index in [2.05, 4.69) is 10.1 Å². The summed E-state index contributed by atoms with van der Waals surface area (Å²) in [6.45, 7) is 4.75. The average molecular weight is 289 g/mol. The van der Waals surface area contributed by atoms with Gasteiger partial charge >= 0.3 is 0 Å². The van der Waals surface area contributed by atoms with Gasteiger partial charge in [-0.05, 0) is 30.7 Å². The molecule has 0 aliphatic heterocycles. The second kappa shape index (κ2) is 7.11. The molecular weight excluding hydrogens is 269 g/mol. The highest BCUT2D eigenvalue weighted by atomic mass is 19.1. The summed E-state index contributed by atoms with van der Waals surface area (Å²) in [5.74, 6) is 1.51. The van der Waals surface area contributed by atoms with E-state index in [0.29, 0.717) is 24.9 Å². The minimum Gasteiger partial charge on any atom is -0.294 e. The van der Waals surface area contributed by atoms with Crippen LogP contribution in [0, 0.1) is 5.82 Å². The lowest BCUT2D eigenvalue weighted by atomic mass is 10.1. The molecular formula is C16H20FN3O. The Hall–Kier alpha value is -2.04. The number of halogens is 1. The van der Waals surface area contributed by atoms with Gasteiger partial charge in [0.1, 0.15) is 11.6 Å². The second-order valence-corrected chi connectivity index (χ2v) is 4.91. The SMILES string of the molecule is CCc1nc(CC)n(CCCC(=O)c2ccc(F)cc2)n1. The number of nitrogens with zero attached hydrogens (tertiary/aromatic N) is 3. The van der Waals surface area contributed by atoms with Crippen molar-refractivity contribution in [2.75, 3.05) is 0 Å². The van der Waals surface area contributed by atoms with E-state index in [-0.39, 0.29) is 11.6 Å². The van der Waals surface area contributed by atoms with Crippen molar-refractivity contribution in [1.82, 2.24) is 14.8 Å². The lowest BCUT2D eigenvalue weighted by Crippen LogP contribution is -2.08. The molecule has 1 aromatic carbocycles. The fourth-order valence-corrected chi connectivity index (χ4v) is 2.19. The molecule has 1 aromatic heterocycles. The van der Waals surface area contributed by atoms with Gasteiger partial charge in [0, 0.05) is 31.4 Å². The minimum absolute atomic E-state index is 0.0314. The van der Waals surface area contributed by atoms with Crippen molar-refractivity contribution in [2.24, 2.45) is 0 Å². The molecule has 0 atom stereocenters. The van der Waals surface area contributed by atoms with Gasteiger partial charge in [0.25, 0.3) is 0 Å². The molecule has 0 saturated carbocycles. The molecule has 0 fully saturated rings. The minimum atomic E-state index is -0.325. The summed E-state index contributed by atoms with van der Waals surface area (Å²) in [4.78, 5) is 16.4. The molecule has 112 valence electrons. The molecule has 2 rings (SSSR count). The van der Waals surface area contributed by atoms with Crippen LogP contribution >= 0.6 is 0 Å². The molecule has 0 amide bonds. The molecule has 0 spiro atoms. The number of carbonyl (C=O) groups is 1. The van der Waals surface area contributed by atoms with Crippen molar-refractivity contribution in [1.29, 1.82) is 0 Å². The summed E-state index contributed by atoms with van der Waals surface area (Å²) in [6, 6.07) is 5.68. The van der Waals surface area contributed by atoms with Gasteiger partial charge in [-0.3, -0.25) is 4.79 Å². The monoisotopic (exact) mass is 289 g/mol. The normalized spacial score (nSPS) is 10.8. The van der Waals surface area contributed by atoms with Crippen LogP contribution in [0.3, 0.4) is 0 Å². The first kappa shape index (κ1) is 15.4. The van der Waals surface area contributed by atoms with Gasteiger partial charge < -0.3 is 0 Å². The summed E-state index contributed by atoms with van der Waals surface area (Å²) in [6.07, 6.45) is 2.78. The van der Waals surface area contributed by atoms with E-state index in [4.69, 9.17) is 0 Å². The van der Waals surface area contributed by atoms with Crippen LogP contribution in [-0.4, -0.2) is 20.5 Å². The molecule has 0 radical (unpaired) electrons. The topological polar surface area (TPSA) is 47.8 Å². The molecule has 4 nitrogen and oxygen atoms in total. The zero-order valence-electron chi connectivity index (χ0n) is 12.5. The number of benzene rings is 1. The van der Waals surface area contributed by atoms with Crippen molar-refractivity contribution in [3.05, 3.63) is 47.3 Å². The highest BCUT2D eigenvalue weighted by molar-refractivity contribution is 5.95. The molecule has 0 N–H and O–H groups in total. The molecule has 0 aliphatic carbocycles. The number of aromatic nitrogens is 3. The van der Waals surface area contributed by atoms with Crippen molar-refractivity contribution in [3.8, 4) is 0 Å². The van der Waals surface area contributed by atoms with E-state index in [0.717, 1.165) is 24.5 Å². The first-order valence-electron chi connectivity index (χ1n) is 7.35. The molecule has 5 heteroatoms. The first-order valence-corrected chi connectivity index (χ1v) is 7.35. The maximum absolute atomic E-state index is 12.8. The number of hydrogen-bond donors (Lipinski definition) is 0. The maximum atomic E-state index is 12.8. The highest BCUT2D eigenvalue weighted by Gasteiger charge is 2.09. The molecule has 0 bridgehead atoms. The Morgan fingerprint density at radius 1 is 1.19 bits per heavy atom. The van der Waals surface area contributed by atoms with Crippen molar-refractivity contribution < 1.29 is 9.18 Å². The third kappa shape index (κ3) is 3.97. The van der Waals surface area contributed by atoms with Crippen LogP contribution in [0.4, 0.5) is 4.39 Å². The fourth-order valence-electron chi connectivity index (χ4n) is 2.19. The van der Waals surface area contributed by atoms with Gasteiger partial charge in [0.2, 0.25) is 0 Å². The predicted molar refractivity (Wildman–Crippen MR) is 78.7 cm³/mol. The van der Waals surface area contributed by atoms with Gasteiger partial charge in [0.05, 0.1) is 0 Å². The number of rotatable bonds is 7. The van der Waals surface area contributed by atoms with Crippen molar-refractivity contribution >= 4 is 5.78 Å². The Labute approximate surface area is 124 Å². The van der Waals surface area contributed by atoms with Gasteiger partial charge in [-0.15, -0.1) is 0 Å². The summed E-state index contributed by atoms with van der Waals surface area (Å²) < 4.78 is 14.7. The third-order valence-electron chi connectivity index (χ3n) is 3.36. The zero-order chi connectivity index (χ0) is 15.2. The van der Waals surface area contributed by atoms with E-state index in [9.17, 15) is 9.18 Å². The summed E-state index contributed by atoms with van der Waals surface area (Å²) in [7, 11) is 0. The Balaban J connectivity index is 1.90. The van der Waals surface area contributed by atoms with Gasteiger partial charge in [-0.25, -0.2) is 14.1 Å². The van der Waals surface area contributed by atoms with E-state index in [1.807, 2.05) is 18.5 Å². The third-order valence-corrected chi connectivity index (χ3v) is 3.36. The fraction of sp³-hybridized carbons (Fsp3) is 0.438. The molecule has 0 unspecified atom stereocenters. The quantitative estimate of drug-likeness (QED) is 0.735.